The Morgan fingerprint density at radius 1 is 1.05 bits per heavy atom. The Balaban J connectivity index is 2.24. The highest BCUT2D eigenvalue weighted by atomic mass is 32.1. The van der Waals surface area contributed by atoms with Gasteiger partial charge >= 0.3 is 6.18 Å². The average Bonchev–Trinajstić information content (AvgIpc) is 2.44. The van der Waals surface area contributed by atoms with Crippen molar-refractivity contribution in [2.45, 2.75) is 12.8 Å². The zero-order valence-electron chi connectivity index (χ0n) is 10.9. The molecule has 0 aliphatic carbocycles. The van der Waals surface area contributed by atoms with E-state index in [-0.39, 0.29) is 17.3 Å². The zero-order valence-corrected chi connectivity index (χ0v) is 11.7. The first-order valence-electron chi connectivity index (χ1n) is 6.06. The van der Waals surface area contributed by atoms with Crippen LogP contribution >= 0.6 is 12.2 Å². The highest BCUT2D eigenvalue weighted by Crippen LogP contribution is 2.36. The van der Waals surface area contributed by atoms with E-state index in [1.165, 1.54) is 18.2 Å². The molecule has 2 nitrogen and oxygen atoms in total. The van der Waals surface area contributed by atoms with E-state index in [0.717, 1.165) is 6.07 Å². The maximum atomic E-state index is 12.9. The van der Waals surface area contributed by atoms with Crippen molar-refractivity contribution in [3.05, 3.63) is 65.2 Å². The van der Waals surface area contributed by atoms with Crippen molar-refractivity contribution in [2.24, 2.45) is 5.73 Å². The summed E-state index contributed by atoms with van der Waals surface area (Å²) in [5.74, 6) is -0.220. The van der Waals surface area contributed by atoms with E-state index < -0.39 is 11.7 Å². The molecule has 0 saturated heterocycles. The molecule has 0 aliphatic heterocycles. The van der Waals surface area contributed by atoms with Gasteiger partial charge in [-0.2, -0.15) is 13.2 Å². The van der Waals surface area contributed by atoms with Crippen molar-refractivity contribution in [3.8, 4) is 5.75 Å². The van der Waals surface area contributed by atoms with Crippen molar-refractivity contribution in [1.29, 1.82) is 0 Å². The second-order valence-electron chi connectivity index (χ2n) is 4.30. The lowest BCUT2D eigenvalue weighted by atomic mass is 10.1. The Kier molecular flexibility index (Phi) is 4.47. The Morgan fingerprint density at radius 2 is 1.67 bits per heavy atom. The van der Waals surface area contributed by atoms with Crippen molar-refractivity contribution in [1.82, 2.24) is 0 Å². The van der Waals surface area contributed by atoms with Crippen LogP contribution in [0.5, 0.6) is 5.75 Å². The summed E-state index contributed by atoms with van der Waals surface area (Å²) in [6.45, 7) is -0.0411. The van der Waals surface area contributed by atoms with Gasteiger partial charge in [0.2, 0.25) is 0 Å². The number of ether oxygens (including phenoxy) is 1. The molecule has 0 aliphatic rings. The molecular formula is C15H12F3NOS. The average molecular weight is 311 g/mol. The van der Waals surface area contributed by atoms with E-state index in [1.807, 2.05) is 0 Å². The molecule has 0 atom stereocenters. The maximum Gasteiger partial charge on any atom is 0.419 e. The van der Waals surface area contributed by atoms with E-state index >= 15 is 0 Å². The van der Waals surface area contributed by atoms with Gasteiger partial charge in [0.15, 0.2) is 0 Å². The third kappa shape index (κ3) is 3.72. The minimum Gasteiger partial charge on any atom is -0.488 e. The number of nitrogens with two attached hydrogens (primary N) is 1. The molecule has 0 fully saturated rings. The smallest absolute Gasteiger partial charge is 0.419 e. The van der Waals surface area contributed by atoms with Crippen LogP contribution in [0.15, 0.2) is 48.5 Å². The molecule has 0 bridgehead atoms. The van der Waals surface area contributed by atoms with Gasteiger partial charge in [-0.3, -0.25) is 0 Å². The first-order chi connectivity index (χ1) is 9.89. The van der Waals surface area contributed by atoms with E-state index in [1.54, 1.807) is 24.3 Å². The number of rotatable bonds is 4. The van der Waals surface area contributed by atoms with Crippen LogP contribution in [0.4, 0.5) is 13.2 Å². The summed E-state index contributed by atoms with van der Waals surface area (Å²) in [5, 5.41) is 0. The summed E-state index contributed by atoms with van der Waals surface area (Å²) in [7, 11) is 0. The van der Waals surface area contributed by atoms with Crippen molar-refractivity contribution < 1.29 is 17.9 Å². The maximum absolute atomic E-state index is 12.9. The fourth-order valence-corrected chi connectivity index (χ4v) is 2.07. The summed E-state index contributed by atoms with van der Waals surface area (Å²) in [6.07, 6.45) is -4.46. The molecule has 2 aromatic carbocycles. The van der Waals surface area contributed by atoms with Crippen LogP contribution in [0.25, 0.3) is 0 Å². The summed E-state index contributed by atoms with van der Waals surface area (Å²) in [6, 6.07) is 12.0. The normalized spacial score (nSPS) is 11.2. The van der Waals surface area contributed by atoms with Crippen LogP contribution < -0.4 is 10.5 Å². The molecule has 0 aromatic heterocycles. The number of thiocarbonyl (C=S) groups is 1. The Labute approximate surface area is 125 Å². The van der Waals surface area contributed by atoms with Gasteiger partial charge in [-0.25, -0.2) is 0 Å². The van der Waals surface area contributed by atoms with Gasteiger partial charge in [0, 0.05) is 5.56 Å². The van der Waals surface area contributed by atoms with Gasteiger partial charge in [-0.1, -0.05) is 48.6 Å². The lowest BCUT2D eigenvalue weighted by Crippen LogP contribution is -2.14. The van der Waals surface area contributed by atoms with Crippen molar-refractivity contribution in [2.75, 3.05) is 0 Å². The summed E-state index contributed by atoms with van der Waals surface area (Å²) < 4.78 is 43.9. The number of hydrogen-bond acceptors (Lipinski definition) is 2. The molecule has 0 heterocycles. The van der Waals surface area contributed by atoms with Crippen LogP contribution in [-0.2, 0) is 12.8 Å². The predicted molar refractivity (Wildman–Crippen MR) is 78.1 cm³/mol. The Hall–Kier alpha value is -2.08. The zero-order chi connectivity index (χ0) is 15.5. The van der Waals surface area contributed by atoms with Gasteiger partial charge < -0.3 is 10.5 Å². The Bertz CT molecular complexity index is 655. The van der Waals surface area contributed by atoms with Crippen molar-refractivity contribution >= 4 is 17.2 Å². The molecule has 110 valence electrons. The fraction of sp³-hybridized carbons (Fsp3) is 0.133. The molecule has 2 rings (SSSR count). The molecular weight excluding hydrogens is 299 g/mol. The first-order valence-corrected chi connectivity index (χ1v) is 6.47. The lowest BCUT2D eigenvalue weighted by molar-refractivity contribution is -0.139. The summed E-state index contributed by atoms with van der Waals surface area (Å²) >= 11 is 4.91. The minimum atomic E-state index is -4.46. The van der Waals surface area contributed by atoms with E-state index in [9.17, 15) is 13.2 Å². The molecule has 0 radical (unpaired) electrons. The van der Waals surface area contributed by atoms with Gasteiger partial charge in [0.05, 0.1) is 5.56 Å². The molecule has 2 N–H and O–H groups in total. The fourth-order valence-electron chi connectivity index (χ4n) is 1.87. The highest BCUT2D eigenvalue weighted by Gasteiger charge is 2.34. The largest absolute Gasteiger partial charge is 0.488 e. The number of halogens is 3. The van der Waals surface area contributed by atoms with Crippen LogP contribution in [0, 0.1) is 0 Å². The van der Waals surface area contributed by atoms with E-state index in [2.05, 4.69) is 0 Å². The number of para-hydroxylation sites is 1. The highest BCUT2D eigenvalue weighted by molar-refractivity contribution is 7.80. The van der Waals surface area contributed by atoms with Crippen LogP contribution in [0.3, 0.4) is 0 Å². The summed E-state index contributed by atoms with van der Waals surface area (Å²) in [5.41, 5.74) is 6.01. The quantitative estimate of drug-likeness (QED) is 0.869. The molecule has 6 heteroatoms. The topological polar surface area (TPSA) is 35.2 Å². The van der Waals surface area contributed by atoms with E-state index in [4.69, 9.17) is 22.7 Å². The SMILES string of the molecule is NC(=S)c1ccccc1COc1ccccc1C(F)(F)F. The summed E-state index contributed by atoms with van der Waals surface area (Å²) in [4.78, 5) is 0.179. The number of alkyl halides is 3. The predicted octanol–water partition coefficient (Wildman–Crippen LogP) is 3.92. The minimum absolute atomic E-state index is 0.0411. The lowest BCUT2D eigenvalue weighted by Gasteiger charge is -2.15. The molecule has 0 saturated carbocycles. The van der Waals surface area contributed by atoms with Crippen LogP contribution in [0.1, 0.15) is 16.7 Å². The standard InChI is InChI=1S/C15H12F3NOS/c16-15(17,18)12-7-3-4-8-13(12)20-9-10-5-1-2-6-11(10)14(19)21/h1-8H,9H2,(H2,19,21). The second-order valence-corrected chi connectivity index (χ2v) is 4.74. The number of benzene rings is 2. The molecule has 2 aromatic rings. The monoisotopic (exact) mass is 311 g/mol. The third-order valence-electron chi connectivity index (χ3n) is 2.86. The van der Waals surface area contributed by atoms with Gasteiger partial charge in [0.25, 0.3) is 0 Å². The number of hydrogen-bond donors (Lipinski definition) is 1. The molecule has 21 heavy (non-hydrogen) atoms. The first kappa shape index (κ1) is 15.3. The van der Waals surface area contributed by atoms with Gasteiger partial charge in [-0.05, 0) is 17.7 Å². The molecule has 0 unspecified atom stereocenters. The Morgan fingerprint density at radius 3 is 2.33 bits per heavy atom. The molecule has 0 spiro atoms. The molecule has 0 amide bonds. The van der Waals surface area contributed by atoms with Crippen molar-refractivity contribution in [3.63, 3.8) is 0 Å². The van der Waals surface area contributed by atoms with Gasteiger partial charge in [0.1, 0.15) is 17.3 Å². The van der Waals surface area contributed by atoms with Crippen LogP contribution in [0.2, 0.25) is 0 Å². The van der Waals surface area contributed by atoms with Crippen LogP contribution in [-0.4, -0.2) is 4.99 Å². The van der Waals surface area contributed by atoms with E-state index in [0.29, 0.717) is 11.1 Å². The van der Waals surface area contributed by atoms with Gasteiger partial charge in [-0.15, -0.1) is 0 Å². The third-order valence-corrected chi connectivity index (χ3v) is 3.08. The second kappa shape index (κ2) is 6.13.